The van der Waals surface area contributed by atoms with E-state index in [1.807, 2.05) is 18.2 Å². The van der Waals surface area contributed by atoms with Gasteiger partial charge in [0, 0.05) is 36.3 Å². The first-order valence-electron chi connectivity index (χ1n) is 12.3. The van der Waals surface area contributed by atoms with Gasteiger partial charge in [0.15, 0.2) is 11.5 Å². The van der Waals surface area contributed by atoms with Crippen LogP contribution in [0.2, 0.25) is 0 Å². The number of nitrogens with two attached hydrogens (primary N) is 1. The van der Waals surface area contributed by atoms with E-state index in [1.165, 1.54) is 18.8 Å². The van der Waals surface area contributed by atoms with Crippen molar-refractivity contribution in [3.63, 3.8) is 0 Å². The maximum atomic E-state index is 13.4. The topological polar surface area (TPSA) is 151 Å². The quantitative estimate of drug-likeness (QED) is 0.345. The molecule has 2 atom stereocenters. The minimum Gasteiger partial charge on any atom is -0.382 e. The molecule has 2 heterocycles. The molecule has 37 heavy (non-hydrogen) atoms. The maximum Gasteiger partial charge on any atom is 0.273 e. The number of nitrogen functional groups attached to an aromatic ring is 1. The van der Waals surface area contributed by atoms with E-state index in [9.17, 15) is 14.4 Å². The Bertz CT molecular complexity index is 1370. The first-order chi connectivity index (χ1) is 17.9. The molecule has 3 aromatic rings. The van der Waals surface area contributed by atoms with Gasteiger partial charge < -0.3 is 27.0 Å². The van der Waals surface area contributed by atoms with Crippen LogP contribution in [0.5, 0.6) is 0 Å². The molecule has 190 valence electrons. The summed E-state index contributed by atoms with van der Waals surface area (Å²) >= 11 is 0. The molecular formula is C27H29N7O3. The van der Waals surface area contributed by atoms with Crippen LogP contribution in [-0.4, -0.2) is 53.9 Å². The minimum atomic E-state index is -0.479. The molecule has 10 heteroatoms. The van der Waals surface area contributed by atoms with Crippen LogP contribution in [0.3, 0.4) is 0 Å². The monoisotopic (exact) mass is 499 g/mol. The lowest BCUT2D eigenvalue weighted by Crippen LogP contribution is -2.36. The number of nitrogens with zero attached hydrogens (tertiary/aromatic N) is 2. The molecule has 6 N–H and O–H groups in total. The number of hydrogen-bond donors (Lipinski definition) is 5. The number of aromatic nitrogens is 2. The van der Waals surface area contributed by atoms with Crippen LogP contribution in [-0.2, 0) is 6.42 Å². The largest absolute Gasteiger partial charge is 0.382 e. The Kier molecular flexibility index (Phi) is 6.82. The van der Waals surface area contributed by atoms with Crippen molar-refractivity contribution in [3.8, 4) is 11.3 Å². The lowest BCUT2D eigenvalue weighted by Gasteiger charge is -2.16. The van der Waals surface area contributed by atoms with Crippen molar-refractivity contribution in [1.82, 2.24) is 31.2 Å². The summed E-state index contributed by atoms with van der Waals surface area (Å²) in [7, 11) is 1.47. The van der Waals surface area contributed by atoms with E-state index in [1.54, 1.807) is 18.2 Å². The Morgan fingerprint density at radius 3 is 2.49 bits per heavy atom. The van der Waals surface area contributed by atoms with Crippen molar-refractivity contribution in [1.29, 1.82) is 0 Å². The average molecular weight is 500 g/mol. The Balaban J connectivity index is 1.49. The molecule has 1 aliphatic carbocycles. The Morgan fingerprint density at radius 1 is 1.00 bits per heavy atom. The number of fused-ring (bicyclic) bond motifs is 1. The lowest BCUT2D eigenvalue weighted by molar-refractivity contribution is 0.0933. The number of benzene rings is 2. The zero-order valence-electron chi connectivity index (χ0n) is 20.5. The Labute approximate surface area is 214 Å². The molecule has 10 nitrogen and oxygen atoms in total. The first-order valence-corrected chi connectivity index (χ1v) is 12.3. The molecule has 1 saturated heterocycles. The average Bonchev–Trinajstić information content (AvgIpc) is 3.58. The lowest BCUT2D eigenvalue weighted by atomic mass is 10.0. The third-order valence-electron chi connectivity index (χ3n) is 6.83. The van der Waals surface area contributed by atoms with Crippen LogP contribution < -0.4 is 27.0 Å². The Morgan fingerprint density at radius 2 is 1.76 bits per heavy atom. The van der Waals surface area contributed by atoms with Crippen LogP contribution >= 0.6 is 0 Å². The van der Waals surface area contributed by atoms with Gasteiger partial charge in [-0.05, 0) is 55.1 Å². The second-order valence-electron chi connectivity index (χ2n) is 9.29. The second kappa shape index (κ2) is 10.4. The van der Waals surface area contributed by atoms with Crippen molar-refractivity contribution >= 4 is 23.5 Å². The molecule has 0 radical (unpaired) electrons. The van der Waals surface area contributed by atoms with E-state index >= 15 is 0 Å². The molecule has 3 amide bonds. The standard InChI is InChI=1S/C27H29N7O3/c1-29-27(37)23-24(28)31-14-22(33-23)16-10-17(25(35)32-19-8-9-30-13-19)12-18(11-16)26(36)34-21-7-6-15-4-2-3-5-20(15)21/h2-5,10-12,14,19,21,30H,6-9,13H2,1H3,(H2,28,31)(H,29,37)(H,32,35)(H,34,36). The maximum absolute atomic E-state index is 13.4. The molecule has 0 saturated carbocycles. The first kappa shape index (κ1) is 24.4. The van der Waals surface area contributed by atoms with E-state index in [0.29, 0.717) is 28.9 Å². The molecular weight excluding hydrogens is 470 g/mol. The fourth-order valence-corrected chi connectivity index (χ4v) is 4.86. The highest BCUT2D eigenvalue weighted by molar-refractivity contribution is 6.02. The Hall–Kier alpha value is -4.31. The van der Waals surface area contributed by atoms with Gasteiger partial charge in [0.2, 0.25) is 0 Å². The highest BCUT2D eigenvalue weighted by Crippen LogP contribution is 2.31. The molecule has 1 aliphatic heterocycles. The summed E-state index contributed by atoms with van der Waals surface area (Å²) in [6, 6.07) is 12.9. The smallest absolute Gasteiger partial charge is 0.273 e. The molecule has 1 aromatic heterocycles. The van der Waals surface area contributed by atoms with Crippen molar-refractivity contribution < 1.29 is 14.4 Å². The van der Waals surface area contributed by atoms with Gasteiger partial charge >= 0.3 is 0 Å². The SMILES string of the molecule is CNC(=O)c1nc(-c2cc(C(=O)NC3CCNC3)cc(C(=O)NC3CCc4ccccc43)c2)cnc1N. The zero-order valence-corrected chi connectivity index (χ0v) is 20.5. The summed E-state index contributed by atoms with van der Waals surface area (Å²) in [6.07, 6.45) is 3.96. The van der Waals surface area contributed by atoms with Crippen LogP contribution in [0.1, 0.15) is 61.2 Å². The van der Waals surface area contributed by atoms with Gasteiger partial charge in [-0.2, -0.15) is 0 Å². The highest BCUT2D eigenvalue weighted by Gasteiger charge is 2.25. The summed E-state index contributed by atoms with van der Waals surface area (Å²) in [5.74, 6) is -1.07. The number of amides is 3. The van der Waals surface area contributed by atoms with Crippen molar-refractivity contribution in [2.24, 2.45) is 0 Å². The number of hydrogen-bond acceptors (Lipinski definition) is 7. The number of rotatable bonds is 6. The molecule has 5 rings (SSSR count). The normalized spacial score (nSPS) is 18.2. The van der Waals surface area contributed by atoms with Crippen LogP contribution in [0.25, 0.3) is 11.3 Å². The van der Waals surface area contributed by atoms with E-state index in [0.717, 1.165) is 31.4 Å². The number of carbonyl (C=O) groups excluding carboxylic acids is 3. The summed E-state index contributed by atoms with van der Waals surface area (Å²) in [5, 5.41) is 11.9. The highest BCUT2D eigenvalue weighted by atomic mass is 16.2. The van der Waals surface area contributed by atoms with Crippen molar-refractivity contribution in [2.45, 2.75) is 31.3 Å². The number of nitrogens with one attached hydrogen (secondary N) is 4. The van der Waals surface area contributed by atoms with Gasteiger partial charge in [-0.25, -0.2) is 9.97 Å². The second-order valence-corrected chi connectivity index (χ2v) is 9.29. The van der Waals surface area contributed by atoms with Crippen LogP contribution in [0, 0.1) is 0 Å². The van der Waals surface area contributed by atoms with Gasteiger partial charge in [-0.1, -0.05) is 24.3 Å². The van der Waals surface area contributed by atoms with Crippen molar-refractivity contribution in [2.75, 3.05) is 25.9 Å². The fraction of sp³-hybridized carbons (Fsp3) is 0.296. The van der Waals surface area contributed by atoms with E-state index in [2.05, 4.69) is 37.3 Å². The van der Waals surface area contributed by atoms with Crippen molar-refractivity contribution in [3.05, 3.63) is 76.6 Å². The molecule has 2 aromatic carbocycles. The predicted octanol–water partition coefficient (Wildman–Crippen LogP) is 1.59. The summed E-state index contributed by atoms with van der Waals surface area (Å²) < 4.78 is 0. The number of carbonyl (C=O) groups is 3. The summed E-state index contributed by atoms with van der Waals surface area (Å²) in [5.41, 5.74) is 9.60. The molecule has 1 fully saturated rings. The predicted molar refractivity (Wildman–Crippen MR) is 139 cm³/mol. The third-order valence-corrected chi connectivity index (χ3v) is 6.83. The zero-order chi connectivity index (χ0) is 25.9. The third kappa shape index (κ3) is 5.14. The summed E-state index contributed by atoms with van der Waals surface area (Å²) in [6.45, 7) is 1.53. The van der Waals surface area contributed by atoms with Crippen LogP contribution in [0.4, 0.5) is 5.82 Å². The molecule has 2 unspecified atom stereocenters. The minimum absolute atomic E-state index is 0.0106. The van der Waals surface area contributed by atoms with Gasteiger partial charge in [-0.3, -0.25) is 14.4 Å². The molecule has 0 bridgehead atoms. The van der Waals surface area contributed by atoms with Gasteiger partial charge in [-0.15, -0.1) is 0 Å². The van der Waals surface area contributed by atoms with E-state index in [-0.39, 0.29) is 35.4 Å². The van der Waals surface area contributed by atoms with Gasteiger partial charge in [0.25, 0.3) is 17.7 Å². The number of anilines is 1. The van der Waals surface area contributed by atoms with Gasteiger partial charge in [0.1, 0.15) is 0 Å². The summed E-state index contributed by atoms with van der Waals surface area (Å²) in [4.78, 5) is 47.3. The number of aryl methyl sites for hydroxylation is 1. The van der Waals surface area contributed by atoms with E-state index < -0.39 is 5.91 Å². The van der Waals surface area contributed by atoms with E-state index in [4.69, 9.17) is 5.73 Å². The fourth-order valence-electron chi connectivity index (χ4n) is 4.86. The van der Waals surface area contributed by atoms with Gasteiger partial charge in [0.05, 0.1) is 17.9 Å². The molecule has 0 spiro atoms. The molecule has 2 aliphatic rings. The van der Waals surface area contributed by atoms with Crippen LogP contribution in [0.15, 0.2) is 48.7 Å².